The molecule has 94 valence electrons. The number of benzene rings is 1. The van der Waals surface area contributed by atoms with Crippen LogP contribution in [-0.2, 0) is 6.42 Å². The first-order valence-electron chi connectivity index (χ1n) is 6.11. The smallest absolute Gasteiger partial charge is 0.258 e. The van der Waals surface area contributed by atoms with E-state index in [1.165, 1.54) is 18.2 Å². The SMILES string of the molecule is O=c1[nH]c(CC2CCNC2)nc2cc(F)ccc12. The van der Waals surface area contributed by atoms with Crippen LogP contribution in [0.15, 0.2) is 23.0 Å². The van der Waals surface area contributed by atoms with Gasteiger partial charge in [0, 0.05) is 12.5 Å². The molecular weight excluding hydrogens is 233 g/mol. The third-order valence-electron chi connectivity index (χ3n) is 3.36. The normalized spacial score (nSPS) is 19.5. The van der Waals surface area contributed by atoms with E-state index in [0.29, 0.717) is 22.6 Å². The number of H-pyrrole nitrogens is 1. The molecule has 0 saturated carbocycles. The number of hydrogen-bond acceptors (Lipinski definition) is 3. The molecule has 5 heteroatoms. The highest BCUT2D eigenvalue weighted by Crippen LogP contribution is 2.14. The fourth-order valence-corrected chi connectivity index (χ4v) is 2.42. The van der Waals surface area contributed by atoms with E-state index in [2.05, 4.69) is 15.3 Å². The fraction of sp³-hybridized carbons (Fsp3) is 0.385. The maximum absolute atomic E-state index is 13.1. The molecule has 3 rings (SSSR count). The molecule has 2 N–H and O–H groups in total. The number of rotatable bonds is 2. The van der Waals surface area contributed by atoms with E-state index in [1.54, 1.807) is 0 Å². The molecule has 0 radical (unpaired) electrons. The summed E-state index contributed by atoms with van der Waals surface area (Å²) < 4.78 is 13.1. The van der Waals surface area contributed by atoms with E-state index >= 15 is 0 Å². The van der Waals surface area contributed by atoms with Crippen LogP contribution in [0, 0.1) is 11.7 Å². The molecule has 1 unspecified atom stereocenters. The molecule has 2 aromatic rings. The molecule has 1 aliphatic rings. The average Bonchev–Trinajstić information content (AvgIpc) is 2.81. The Bertz CT molecular complexity index is 632. The van der Waals surface area contributed by atoms with Crippen LogP contribution >= 0.6 is 0 Å². The summed E-state index contributed by atoms with van der Waals surface area (Å²) in [6, 6.07) is 4.05. The topological polar surface area (TPSA) is 57.8 Å². The predicted octanol–water partition coefficient (Wildman–Crippen LogP) is 1.21. The van der Waals surface area contributed by atoms with Crippen LogP contribution in [0.25, 0.3) is 10.9 Å². The highest BCUT2D eigenvalue weighted by Gasteiger charge is 2.16. The van der Waals surface area contributed by atoms with Crippen molar-refractivity contribution in [3.8, 4) is 0 Å². The quantitative estimate of drug-likeness (QED) is 0.838. The zero-order valence-corrected chi connectivity index (χ0v) is 9.87. The minimum absolute atomic E-state index is 0.194. The van der Waals surface area contributed by atoms with Crippen molar-refractivity contribution in [2.75, 3.05) is 13.1 Å². The molecular formula is C13H14FN3O. The fourth-order valence-electron chi connectivity index (χ4n) is 2.42. The van der Waals surface area contributed by atoms with Crippen molar-refractivity contribution < 1.29 is 4.39 Å². The molecule has 2 heterocycles. The van der Waals surface area contributed by atoms with Gasteiger partial charge in [-0.25, -0.2) is 9.37 Å². The van der Waals surface area contributed by atoms with Crippen LogP contribution in [-0.4, -0.2) is 23.1 Å². The Morgan fingerprint density at radius 3 is 3.11 bits per heavy atom. The molecule has 0 bridgehead atoms. The number of nitrogens with zero attached hydrogens (tertiary/aromatic N) is 1. The van der Waals surface area contributed by atoms with Crippen molar-refractivity contribution in [3.05, 3.63) is 40.2 Å². The van der Waals surface area contributed by atoms with Crippen molar-refractivity contribution >= 4 is 10.9 Å². The second-order valence-electron chi connectivity index (χ2n) is 4.74. The monoisotopic (exact) mass is 247 g/mol. The molecule has 18 heavy (non-hydrogen) atoms. The molecule has 0 aliphatic carbocycles. The number of aromatic amines is 1. The molecule has 1 fully saturated rings. The number of hydrogen-bond donors (Lipinski definition) is 2. The van der Waals surface area contributed by atoms with Gasteiger partial charge < -0.3 is 10.3 Å². The Kier molecular flexibility index (Phi) is 2.83. The first-order chi connectivity index (χ1) is 8.72. The van der Waals surface area contributed by atoms with Crippen LogP contribution in [0.5, 0.6) is 0 Å². The first kappa shape index (κ1) is 11.3. The van der Waals surface area contributed by atoms with Crippen molar-refractivity contribution in [2.24, 2.45) is 5.92 Å². The Balaban J connectivity index is 2.00. The van der Waals surface area contributed by atoms with E-state index < -0.39 is 0 Å². The number of aromatic nitrogens is 2. The third kappa shape index (κ3) is 2.13. The van der Waals surface area contributed by atoms with Crippen molar-refractivity contribution in [1.29, 1.82) is 0 Å². The van der Waals surface area contributed by atoms with E-state index in [9.17, 15) is 9.18 Å². The van der Waals surface area contributed by atoms with Gasteiger partial charge in [0.2, 0.25) is 0 Å². The van der Waals surface area contributed by atoms with Crippen LogP contribution in [0.3, 0.4) is 0 Å². The maximum Gasteiger partial charge on any atom is 0.258 e. The third-order valence-corrected chi connectivity index (χ3v) is 3.36. The van der Waals surface area contributed by atoms with Gasteiger partial charge in [-0.05, 0) is 37.6 Å². The summed E-state index contributed by atoms with van der Waals surface area (Å²) in [6.45, 7) is 1.96. The lowest BCUT2D eigenvalue weighted by molar-refractivity contribution is 0.561. The molecule has 0 spiro atoms. The largest absolute Gasteiger partial charge is 0.316 e. The van der Waals surface area contributed by atoms with Gasteiger partial charge in [-0.1, -0.05) is 0 Å². The summed E-state index contributed by atoms with van der Waals surface area (Å²) in [6.07, 6.45) is 1.82. The van der Waals surface area contributed by atoms with Crippen LogP contribution in [0.4, 0.5) is 4.39 Å². The van der Waals surface area contributed by atoms with Crippen molar-refractivity contribution in [3.63, 3.8) is 0 Å². The molecule has 4 nitrogen and oxygen atoms in total. The average molecular weight is 247 g/mol. The van der Waals surface area contributed by atoms with E-state index in [1.807, 2.05) is 0 Å². The van der Waals surface area contributed by atoms with Gasteiger partial charge in [0.05, 0.1) is 10.9 Å². The molecule has 1 atom stereocenters. The lowest BCUT2D eigenvalue weighted by Crippen LogP contribution is -2.16. The lowest BCUT2D eigenvalue weighted by Gasteiger charge is -2.07. The number of halogens is 1. The van der Waals surface area contributed by atoms with Crippen molar-refractivity contribution in [1.82, 2.24) is 15.3 Å². The summed E-state index contributed by atoms with van der Waals surface area (Å²) in [4.78, 5) is 19.0. The van der Waals surface area contributed by atoms with Gasteiger partial charge >= 0.3 is 0 Å². The van der Waals surface area contributed by atoms with E-state index in [-0.39, 0.29) is 11.4 Å². The summed E-state index contributed by atoms with van der Waals surface area (Å²) in [5, 5.41) is 3.71. The highest BCUT2D eigenvalue weighted by atomic mass is 19.1. The van der Waals surface area contributed by atoms with Gasteiger partial charge in [-0.2, -0.15) is 0 Å². The van der Waals surface area contributed by atoms with Gasteiger partial charge in [-0.15, -0.1) is 0 Å². The molecule has 1 aliphatic heterocycles. The van der Waals surface area contributed by atoms with E-state index in [0.717, 1.165) is 25.9 Å². The van der Waals surface area contributed by atoms with Gasteiger partial charge in [0.1, 0.15) is 11.6 Å². The molecule has 1 saturated heterocycles. The maximum atomic E-state index is 13.1. The second kappa shape index (κ2) is 4.49. The lowest BCUT2D eigenvalue weighted by atomic mass is 10.0. The molecule has 1 aromatic heterocycles. The minimum Gasteiger partial charge on any atom is -0.316 e. The summed E-state index contributed by atoms with van der Waals surface area (Å²) in [5.74, 6) is 0.778. The zero-order valence-electron chi connectivity index (χ0n) is 9.87. The Morgan fingerprint density at radius 2 is 2.33 bits per heavy atom. The second-order valence-corrected chi connectivity index (χ2v) is 4.74. The van der Waals surface area contributed by atoms with Gasteiger partial charge in [0.15, 0.2) is 0 Å². The van der Waals surface area contributed by atoms with Crippen molar-refractivity contribution in [2.45, 2.75) is 12.8 Å². The van der Waals surface area contributed by atoms with E-state index in [4.69, 9.17) is 0 Å². The zero-order chi connectivity index (χ0) is 12.5. The number of nitrogens with one attached hydrogen (secondary N) is 2. The standard InChI is InChI=1S/C13H14FN3O/c14-9-1-2-10-11(6-9)16-12(17-13(10)18)5-8-3-4-15-7-8/h1-2,6,8,15H,3-5,7H2,(H,16,17,18). The molecule has 0 amide bonds. The minimum atomic E-state index is -0.367. The van der Waals surface area contributed by atoms with Gasteiger partial charge in [-0.3, -0.25) is 4.79 Å². The predicted molar refractivity (Wildman–Crippen MR) is 67.0 cm³/mol. The van der Waals surface area contributed by atoms with Gasteiger partial charge in [0.25, 0.3) is 5.56 Å². The number of fused-ring (bicyclic) bond motifs is 1. The summed E-state index contributed by atoms with van der Waals surface area (Å²) in [5.41, 5.74) is 0.237. The molecule has 1 aromatic carbocycles. The Hall–Kier alpha value is -1.75. The summed E-state index contributed by atoms with van der Waals surface area (Å²) >= 11 is 0. The van der Waals surface area contributed by atoms with Crippen LogP contribution < -0.4 is 10.9 Å². The Labute approximate surface area is 103 Å². The highest BCUT2D eigenvalue weighted by molar-refractivity contribution is 5.77. The summed E-state index contributed by atoms with van der Waals surface area (Å²) in [7, 11) is 0. The van der Waals surface area contributed by atoms with Crippen LogP contribution in [0.2, 0.25) is 0 Å². The first-order valence-corrected chi connectivity index (χ1v) is 6.11. The Morgan fingerprint density at radius 1 is 1.44 bits per heavy atom. The van der Waals surface area contributed by atoms with Crippen LogP contribution in [0.1, 0.15) is 12.2 Å².